The second kappa shape index (κ2) is 15.6. The molecular weight excluding hydrogens is 697 g/mol. The molecule has 5 atom stereocenters. The van der Waals surface area contributed by atoms with Gasteiger partial charge in [0.15, 0.2) is 16.6 Å². The summed E-state index contributed by atoms with van der Waals surface area (Å²) in [5, 5.41) is 1.08. The minimum absolute atomic E-state index is 0.0127. The van der Waals surface area contributed by atoms with Gasteiger partial charge in [0.1, 0.15) is 30.1 Å². The molecule has 0 radical (unpaired) electrons. The van der Waals surface area contributed by atoms with Crippen molar-refractivity contribution in [3.8, 4) is 5.75 Å². The van der Waals surface area contributed by atoms with E-state index in [1.54, 1.807) is 0 Å². The number of fused-ring (bicyclic) bond motifs is 1. The van der Waals surface area contributed by atoms with Crippen LogP contribution in [0.4, 0.5) is 0 Å². The lowest BCUT2D eigenvalue weighted by Crippen LogP contribution is -2.57. The molecular formula is C44H68O7Si2. The van der Waals surface area contributed by atoms with E-state index in [0.29, 0.717) is 25.6 Å². The first-order valence-corrected chi connectivity index (χ1v) is 25.9. The molecule has 2 fully saturated rings. The van der Waals surface area contributed by atoms with Crippen LogP contribution in [0.5, 0.6) is 5.75 Å². The molecule has 7 nitrogen and oxygen atoms in total. The third-order valence-corrected chi connectivity index (χ3v) is 21.5. The minimum Gasteiger partial charge on any atom is -0.488 e. The van der Waals surface area contributed by atoms with E-state index in [1.165, 1.54) is 0 Å². The average Bonchev–Trinajstić information content (AvgIpc) is 3.66. The van der Waals surface area contributed by atoms with Crippen LogP contribution in [0.3, 0.4) is 0 Å². The summed E-state index contributed by atoms with van der Waals surface area (Å²) in [6.45, 7) is 32.2. The van der Waals surface area contributed by atoms with Gasteiger partial charge in [0.2, 0.25) is 5.60 Å². The lowest BCUT2D eigenvalue weighted by molar-refractivity contribution is -0.173. The Kier molecular flexibility index (Phi) is 12.3. The molecule has 0 unspecified atom stereocenters. The molecule has 0 bridgehead atoms. The van der Waals surface area contributed by atoms with Crippen molar-refractivity contribution in [3.63, 3.8) is 0 Å². The minimum atomic E-state index is -2.24. The second-order valence-electron chi connectivity index (χ2n) is 19.1. The SMILES string of the molecule is CCC[C@@H](c1coc2c(CO[Si](C)(C)C(C)(C)C)c(OCc3ccccc3)c(CC(C)C)cc12)[C@H]1C[C@@H](O[Si](C)(C)C(C)(C)C)[C@@]2(O[C@H]2CC)C(=O)O1. The molecule has 3 aromatic rings. The van der Waals surface area contributed by atoms with Gasteiger partial charge in [-0.25, -0.2) is 4.79 Å². The van der Waals surface area contributed by atoms with E-state index in [0.717, 1.165) is 64.7 Å². The van der Waals surface area contributed by atoms with Crippen LogP contribution in [-0.2, 0) is 42.8 Å². The number of ether oxygens (including phenoxy) is 3. The zero-order chi connectivity index (χ0) is 39.1. The maximum absolute atomic E-state index is 14.1. The summed E-state index contributed by atoms with van der Waals surface area (Å²) in [7, 11) is -4.38. The van der Waals surface area contributed by atoms with Crippen molar-refractivity contribution in [2.45, 2.75) is 181 Å². The summed E-state index contributed by atoms with van der Waals surface area (Å²) in [6.07, 6.45) is 4.93. The maximum Gasteiger partial charge on any atom is 0.344 e. The number of carbonyl (C=O) groups excluding carboxylic acids is 1. The summed E-state index contributed by atoms with van der Waals surface area (Å²) in [4.78, 5) is 14.1. The number of rotatable bonds is 15. The highest BCUT2D eigenvalue weighted by molar-refractivity contribution is 6.74. The summed E-state index contributed by atoms with van der Waals surface area (Å²) < 4.78 is 40.1. The van der Waals surface area contributed by atoms with Gasteiger partial charge < -0.3 is 27.5 Å². The molecule has 3 heterocycles. The van der Waals surface area contributed by atoms with E-state index in [4.69, 9.17) is 27.5 Å². The zero-order valence-corrected chi connectivity index (χ0v) is 37.2. The third-order valence-electron chi connectivity index (χ3n) is 12.6. The molecule has 0 aliphatic carbocycles. The van der Waals surface area contributed by atoms with Gasteiger partial charge in [0.05, 0.1) is 24.5 Å². The topological polar surface area (TPSA) is 79.7 Å². The molecule has 0 saturated carbocycles. The zero-order valence-electron chi connectivity index (χ0n) is 35.2. The van der Waals surface area contributed by atoms with Crippen molar-refractivity contribution in [1.29, 1.82) is 0 Å². The highest BCUT2D eigenvalue weighted by atomic mass is 28.4. The van der Waals surface area contributed by atoms with Gasteiger partial charge >= 0.3 is 5.97 Å². The van der Waals surface area contributed by atoms with Crippen LogP contribution in [0, 0.1) is 5.92 Å². The number of furan rings is 1. The first-order chi connectivity index (χ1) is 24.7. The van der Waals surface area contributed by atoms with Gasteiger partial charge in [0.25, 0.3) is 0 Å². The van der Waals surface area contributed by atoms with Gasteiger partial charge in [-0.2, -0.15) is 0 Å². The fourth-order valence-electron chi connectivity index (χ4n) is 7.30. The molecule has 5 rings (SSSR count). The first-order valence-electron chi connectivity index (χ1n) is 20.1. The van der Waals surface area contributed by atoms with Crippen LogP contribution in [0.2, 0.25) is 36.3 Å². The Morgan fingerprint density at radius 1 is 0.943 bits per heavy atom. The van der Waals surface area contributed by atoms with Gasteiger partial charge in [-0.15, -0.1) is 0 Å². The number of hydrogen-bond acceptors (Lipinski definition) is 7. The number of hydrogen-bond donors (Lipinski definition) is 0. The Labute approximate surface area is 322 Å². The monoisotopic (exact) mass is 764 g/mol. The van der Waals surface area contributed by atoms with Crippen molar-refractivity contribution < 1.29 is 32.3 Å². The van der Waals surface area contributed by atoms with Crippen molar-refractivity contribution in [2.75, 3.05) is 0 Å². The lowest BCUT2D eigenvalue weighted by Gasteiger charge is -2.44. The quantitative estimate of drug-likeness (QED) is 0.0866. The summed E-state index contributed by atoms with van der Waals surface area (Å²) in [5.41, 5.74) is 4.05. The van der Waals surface area contributed by atoms with E-state index < -0.39 is 22.2 Å². The molecule has 0 amide bonds. The molecule has 9 heteroatoms. The van der Waals surface area contributed by atoms with Crippen molar-refractivity contribution in [3.05, 3.63) is 64.9 Å². The molecule has 2 saturated heterocycles. The smallest absolute Gasteiger partial charge is 0.344 e. The highest BCUT2D eigenvalue weighted by Crippen LogP contribution is 2.53. The molecule has 1 spiro atoms. The molecule has 2 aliphatic heterocycles. The normalized spacial score (nSPS) is 23.2. The average molecular weight is 765 g/mol. The first kappa shape index (κ1) is 41.7. The van der Waals surface area contributed by atoms with Gasteiger partial charge in [-0.3, -0.25) is 0 Å². The van der Waals surface area contributed by atoms with E-state index in [2.05, 4.69) is 114 Å². The van der Waals surface area contributed by atoms with Crippen LogP contribution >= 0.6 is 0 Å². The molecule has 53 heavy (non-hydrogen) atoms. The number of benzene rings is 2. The van der Waals surface area contributed by atoms with Crippen LogP contribution < -0.4 is 4.74 Å². The van der Waals surface area contributed by atoms with Crippen LogP contribution in [0.15, 0.2) is 47.1 Å². The standard InChI is InChI=1S/C44H68O7Si2/c1-15-20-32(36-25-38(51-53(13,14)43(8,9)10)44(41(45)49-36)37(16-2)50-44)34-27-47-40-33(34)24-31(23-29(3)4)39(46-26-30-21-18-17-19-22-30)35(40)28-48-52(11,12)42(5,6)7/h17-19,21-22,24,27,29,32,36-38H,15-16,20,23,25-26,28H2,1-14H3/t32-,36+,37-,38+,44+/m0/s1. The fraction of sp³-hybridized carbons (Fsp3) is 0.659. The largest absolute Gasteiger partial charge is 0.488 e. The lowest BCUT2D eigenvalue weighted by atomic mass is 9.81. The summed E-state index contributed by atoms with van der Waals surface area (Å²) >= 11 is 0. The maximum atomic E-state index is 14.1. The molecule has 2 aromatic carbocycles. The van der Waals surface area contributed by atoms with E-state index in [-0.39, 0.29) is 40.3 Å². The van der Waals surface area contributed by atoms with Gasteiger partial charge in [0, 0.05) is 23.3 Å². The van der Waals surface area contributed by atoms with Crippen molar-refractivity contribution in [2.24, 2.45) is 5.92 Å². The Bertz CT molecular complexity index is 1720. The molecule has 1 aromatic heterocycles. The Morgan fingerprint density at radius 2 is 1.60 bits per heavy atom. The van der Waals surface area contributed by atoms with Gasteiger partial charge in [-0.05, 0) is 78.6 Å². The third kappa shape index (κ3) is 8.54. The van der Waals surface area contributed by atoms with Crippen LogP contribution in [-0.4, -0.2) is 46.5 Å². The van der Waals surface area contributed by atoms with Crippen molar-refractivity contribution in [1.82, 2.24) is 0 Å². The summed E-state index contributed by atoms with van der Waals surface area (Å²) in [6, 6.07) is 12.6. The number of carbonyl (C=O) groups is 1. The summed E-state index contributed by atoms with van der Waals surface area (Å²) in [5.74, 6) is 0.895. The second-order valence-corrected chi connectivity index (χ2v) is 28.6. The predicted molar refractivity (Wildman–Crippen MR) is 220 cm³/mol. The van der Waals surface area contributed by atoms with E-state index in [9.17, 15) is 4.79 Å². The molecule has 2 aliphatic rings. The van der Waals surface area contributed by atoms with E-state index in [1.807, 2.05) is 24.5 Å². The Hall–Kier alpha value is -2.44. The van der Waals surface area contributed by atoms with Crippen LogP contribution in [0.1, 0.15) is 123 Å². The molecule has 294 valence electrons. The number of epoxide rings is 1. The highest BCUT2D eigenvalue weighted by Gasteiger charge is 2.71. The number of esters is 1. The van der Waals surface area contributed by atoms with Crippen molar-refractivity contribution >= 4 is 33.6 Å². The number of cyclic esters (lactones) is 1. The molecule has 0 N–H and O–H groups in total. The van der Waals surface area contributed by atoms with Gasteiger partial charge in [-0.1, -0.05) is 106 Å². The van der Waals surface area contributed by atoms with E-state index >= 15 is 0 Å². The Morgan fingerprint density at radius 3 is 2.17 bits per heavy atom. The van der Waals surface area contributed by atoms with Crippen LogP contribution in [0.25, 0.3) is 11.0 Å². The predicted octanol–water partition coefficient (Wildman–Crippen LogP) is 11.9. The fourth-order valence-corrected chi connectivity index (χ4v) is 9.58. The Balaban J connectivity index is 1.61.